The molecule has 1 unspecified atom stereocenters. The summed E-state index contributed by atoms with van der Waals surface area (Å²) in [5, 5.41) is 16.0. The number of rotatable bonds is 5. The van der Waals surface area contributed by atoms with Crippen LogP contribution in [0.3, 0.4) is 0 Å². The zero-order valence-corrected chi connectivity index (χ0v) is 14.6. The summed E-state index contributed by atoms with van der Waals surface area (Å²) in [5.74, 6) is 0. The number of benzene rings is 2. The van der Waals surface area contributed by atoms with Gasteiger partial charge in [0.2, 0.25) is 0 Å². The first-order valence-corrected chi connectivity index (χ1v) is 7.90. The van der Waals surface area contributed by atoms with Crippen LogP contribution in [0.1, 0.15) is 18.1 Å². The largest absolute Gasteiger partial charge is 0.384 e. The fraction of sp³-hybridized carbons (Fsp3) is 0.316. The third-order valence-corrected chi connectivity index (χ3v) is 3.93. The fourth-order valence-corrected chi connectivity index (χ4v) is 2.56. The Morgan fingerprint density at radius 3 is 2.42 bits per heavy atom. The number of urea groups is 1. The van der Waals surface area contributed by atoms with Gasteiger partial charge in [-0.1, -0.05) is 30.3 Å². The Bertz CT molecular complexity index is 697. The highest BCUT2D eigenvalue weighted by Gasteiger charge is 2.23. The highest BCUT2D eigenvalue weighted by Crippen LogP contribution is 2.22. The molecule has 2 amide bonds. The first kappa shape index (κ1) is 17.8. The quantitative estimate of drug-likeness (QED) is 0.791. The van der Waals surface area contributed by atoms with Crippen molar-refractivity contribution in [2.45, 2.75) is 19.4 Å². The van der Waals surface area contributed by atoms with Crippen LogP contribution >= 0.6 is 0 Å². The number of nitrogens with one attached hydrogen (secondary N) is 2. The third kappa shape index (κ3) is 4.49. The predicted octanol–water partition coefficient (Wildman–Crippen LogP) is 3.09. The van der Waals surface area contributed by atoms with Crippen LogP contribution in [0, 0.1) is 6.92 Å². The van der Waals surface area contributed by atoms with Crippen LogP contribution in [0.2, 0.25) is 0 Å². The van der Waals surface area contributed by atoms with E-state index in [0.29, 0.717) is 0 Å². The van der Waals surface area contributed by atoms with Crippen molar-refractivity contribution >= 4 is 17.4 Å². The predicted molar refractivity (Wildman–Crippen MR) is 98.5 cm³/mol. The monoisotopic (exact) mass is 327 g/mol. The van der Waals surface area contributed by atoms with E-state index in [-0.39, 0.29) is 12.6 Å². The van der Waals surface area contributed by atoms with Crippen molar-refractivity contribution in [3.05, 3.63) is 59.7 Å². The summed E-state index contributed by atoms with van der Waals surface area (Å²) in [6, 6.07) is 14.7. The number of hydrogen-bond acceptors (Lipinski definition) is 3. The van der Waals surface area contributed by atoms with E-state index in [2.05, 4.69) is 10.6 Å². The maximum absolute atomic E-state index is 12.1. The van der Waals surface area contributed by atoms with Crippen molar-refractivity contribution in [2.24, 2.45) is 0 Å². The average molecular weight is 327 g/mol. The first-order chi connectivity index (χ1) is 11.3. The maximum atomic E-state index is 12.1. The lowest BCUT2D eigenvalue weighted by atomic mass is 9.96. The topological polar surface area (TPSA) is 64.6 Å². The normalized spacial score (nSPS) is 13.0. The molecule has 24 heavy (non-hydrogen) atoms. The average Bonchev–Trinajstić information content (AvgIpc) is 2.54. The van der Waals surface area contributed by atoms with Crippen LogP contribution in [0.15, 0.2) is 48.5 Å². The molecule has 0 spiro atoms. The lowest BCUT2D eigenvalue weighted by Crippen LogP contribution is -2.40. The molecule has 0 saturated carbocycles. The van der Waals surface area contributed by atoms with Crippen molar-refractivity contribution in [3.8, 4) is 0 Å². The zero-order chi connectivity index (χ0) is 17.7. The fourth-order valence-electron chi connectivity index (χ4n) is 2.56. The molecule has 0 heterocycles. The standard InChI is InChI=1S/C19H25N3O2/c1-14-12-16(10-11-17(14)22(3)4)21-18(23)20-13-19(2,24)15-8-6-5-7-9-15/h5-12,24H,13H2,1-4H3,(H2,20,21,23). The Kier molecular flexibility index (Phi) is 5.46. The molecule has 1 atom stereocenters. The van der Waals surface area contributed by atoms with E-state index in [1.807, 2.05) is 74.4 Å². The minimum Gasteiger partial charge on any atom is -0.384 e. The summed E-state index contributed by atoms with van der Waals surface area (Å²) in [6.45, 7) is 3.80. The molecule has 0 aliphatic heterocycles. The summed E-state index contributed by atoms with van der Waals surface area (Å²) in [5.41, 5.74) is 2.54. The van der Waals surface area contributed by atoms with Gasteiger partial charge in [-0.3, -0.25) is 0 Å². The number of nitrogens with zero attached hydrogens (tertiary/aromatic N) is 1. The van der Waals surface area contributed by atoms with Gasteiger partial charge in [0.25, 0.3) is 0 Å². The second kappa shape index (κ2) is 7.36. The minimum absolute atomic E-state index is 0.123. The molecule has 2 aromatic rings. The van der Waals surface area contributed by atoms with Crippen molar-refractivity contribution in [3.63, 3.8) is 0 Å². The molecule has 0 fully saturated rings. The second-order valence-corrected chi connectivity index (χ2v) is 6.34. The second-order valence-electron chi connectivity index (χ2n) is 6.34. The molecule has 0 saturated heterocycles. The van der Waals surface area contributed by atoms with E-state index >= 15 is 0 Å². The number of carbonyl (C=O) groups is 1. The Morgan fingerprint density at radius 2 is 1.83 bits per heavy atom. The number of aryl methyl sites for hydroxylation is 1. The Labute approximate surface area is 143 Å². The van der Waals surface area contributed by atoms with Crippen LogP contribution in [0.4, 0.5) is 16.2 Å². The summed E-state index contributed by atoms with van der Waals surface area (Å²) >= 11 is 0. The minimum atomic E-state index is -1.12. The molecule has 128 valence electrons. The van der Waals surface area contributed by atoms with Crippen LogP contribution in [-0.2, 0) is 5.60 Å². The van der Waals surface area contributed by atoms with E-state index in [4.69, 9.17) is 0 Å². The number of carbonyl (C=O) groups excluding carboxylic acids is 1. The molecule has 0 aliphatic rings. The lowest BCUT2D eigenvalue weighted by Gasteiger charge is -2.24. The van der Waals surface area contributed by atoms with Crippen LogP contribution < -0.4 is 15.5 Å². The van der Waals surface area contributed by atoms with Crippen LogP contribution in [0.5, 0.6) is 0 Å². The van der Waals surface area contributed by atoms with Gasteiger partial charge in [-0.05, 0) is 43.2 Å². The maximum Gasteiger partial charge on any atom is 0.319 e. The summed E-state index contributed by atoms with van der Waals surface area (Å²) in [6.07, 6.45) is 0. The van der Waals surface area contributed by atoms with Gasteiger partial charge >= 0.3 is 6.03 Å². The molecular weight excluding hydrogens is 302 g/mol. The van der Waals surface area contributed by atoms with Gasteiger partial charge in [-0.2, -0.15) is 0 Å². The van der Waals surface area contributed by atoms with Gasteiger partial charge in [0.1, 0.15) is 5.60 Å². The number of anilines is 2. The molecule has 0 radical (unpaired) electrons. The molecule has 0 aliphatic carbocycles. The van der Waals surface area contributed by atoms with Gasteiger partial charge in [0, 0.05) is 25.5 Å². The third-order valence-electron chi connectivity index (χ3n) is 3.93. The van der Waals surface area contributed by atoms with Gasteiger partial charge in [-0.15, -0.1) is 0 Å². The molecule has 2 aromatic carbocycles. The van der Waals surface area contributed by atoms with Crippen molar-refractivity contribution in [2.75, 3.05) is 30.9 Å². The van der Waals surface area contributed by atoms with Crippen LogP contribution in [0.25, 0.3) is 0 Å². The Balaban J connectivity index is 1.95. The van der Waals surface area contributed by atoms with Crippen molar-refractivity contribution in [1.82, 2.24) is 5.32 Å². The Hall–Kier alpha value is -2.53. The molecular formula is C19H25N3O2. The SMILES string of the molecule is Cc1cc(NC(=O)NCC(C)(O)c2ccccc2)ccc1N(C)C. The molecule has 2 rings (SSSR count). The number of hydrogen-bond donors (Lipinski definition) is 3. The molecule has 0 aromatic heterocycles. The van der Waals surface area contributed by atoms with E-state index in [1.54, 1.807) is 6.92 Å². The van der Waals surface area contributed by atoms with E-state index < -0.39 is 5.60 Å². The van der Waals surface area contributed by atoms with Gasteiger partial charge in [0.15, 0.2) is 0 Å². The van der Waals surface area contributed by atoms with E-state index in [9.17, 15) is 9.90 Å². The van der Waals surface area contributed by atoms with E-state index in [1.165, 1.54) is 0 Å². The molecule has 3 N–H and O–H groups in total. The summed E-state index contributed by atoms with van der Waals surface area (Å²) in [7, 11) is 3.96. The molecule has 5 heteroatoms. The highest BCUT2D eigenvalue weighted by atomic mass is 16.3. The smallest absolute Gasteiger partial charge is 0.319 e. The number of aliphatic hydroxyl groups is 1. The Morgan fingerprint density at radius 1 is 1.17 bits per heavy atom. The van der Waals surface area contributed by atoms with Gasteiger partial charge in [0.05, 0.1) is 6.54 Å². The van der Waals surface area contributed by atoms with Crippen molar-refractivity contribution in [1.29, 1.82) is 0 Å². The highest BCUT2D eigenvalue weighted by molar-refractivity contribution is 5.89. The number of amides is 2. The van der Waals surface area contributed by atoms with Gasteiger partial charge < -0.3 is 20.6 Å². The van der Waals surface area contributed by atoms with Crippen LogP contribution in [-0.4, -0.2) is 31.8 Å². The van der Waals surface area contributed by atoms with E-state index in [0.717, 1.165) is 22.5 Å². The molecule has 0 bridgehead atoms. The lowest BCUT2D eigenvalue weighted by molar-refractivity contribution is 0.0599. The summed E-state index contributed by atoms with van der Waals surface area (Å²) in [4.78, 5) is 14.1. The zero-order valence-electron chi connectivity index (χ0n) is 14.6. The summed E-state index contributed by atoms with van der Waals surface area (Å²) < 4.78 is 0. The van der Waals surface area contributed by atoms with Crippen molar-refractivity contribution < 1.29 is 9.90 Å². The molecule has 5 nitrogen and oxygen atoms in total. The first-order valence-electron chi connectivity index (χ1n) is 7.90. The van der Waals surface area contributed by atoms with Gasteiger partial charge in [-0.25, -0.2) is 4.79 Å².